The number of hydrazine groups is 1. The largest absolute Gasteiger partial charge is 0.376 e. The van der Waals surface area contributed by atoms with Gasteiger partial charge in [-0.25, -0.2) is 5.84 Å². The monoisotopic (exact) mass is 251 g/mol. The average Bonchev–Trinajstić information content (AvgIpc) is 2.46. The first-order valence-corrected chi connectivity index (χ1v) is 6.00. The van der Waals surface area contributed by atoms with Crippen LogP contribution in [0.2, 0.25) is 0 Å². The van der Waals surface area contributed by atoms with Gasteiger partial charge in [0.2, 0.25) is 0 Å². The van der Waals surface area contributed by atoms with Gasteiger partial charge in [-0.15, -0.1) is 10.2 Å². The average molecular weight is 251 g/mol. The van der Waals surface area contributed by atoms with Crippen LogP contribution >= 0.6 is 0 Å². The molecule has 1 saturated heterocycles. The fourth-order valence-corrected chi connectivity index (χ4v) is 1.80. The van der Waals surface area contributed by atoms with E-state index >= 15 is 0 Å². The minimum Gasteiger partial charge on any atom is -0.376 e. The molecule has 1 unspecified atom stereocenters. The quantitative estimate of drug-likeness (QED) is 0.516. The summed E-state index contributed by atoms with van der Waals surface area (Å²) in [4.78, 5) is 11.8. The summed E-state index contributed by atoms with van der Waals surface area (Å²) in [5, 5.41) is 10.3. The topological polar surface area (TPSA) is 102 Å². The van der Waals surface area contributed by atoms with Crippen LogP contribution < -0.4 is 16.6 Å². The minimum atomic E-state index is -0.250. The van der Waals surface area contributed by atoms with Crippen LogP contribution in [-0.4, -0.2) is 35.4 Å². The summed E-state index contributed by atoms with van der Waals surface area (Å²) < 4.78 is 5.52. The number of anilines is 1. The Labute approximate surface area is 105 Å². The van der Waals surface area contributed by atoms with Crippen molar-refractivity contribution in [3.8, 4) is 0 Å². The van der Waals surface area contributed by atoms with Crippen LogP contribution in [0.15, 0.2) is 12.1 Å². The van der Waals surface area contributed by atoms with Gasteiger partial charge in [0, 0.05) is 13.2 Å². The molecule has 0 radical (unpaired) electrons. The predicted molar refractivity (Wildman–Crippen MR) is 65.8 cm³/mol. The Balaban J connectivity index is 1.82. The second-order valence-corrected chi connectivity index (χ2v) is 4.15. The van der Waals surface area contributed by atoms with E-state index in [1.807, 2.05) is 0 Å². The highest BCUT2D eigenvalue weighted by molar-refractivity contribution is 5.92. The smallest absolute Gasteiger partial charge is 0.271 e. The maximum absolute atomic E-state index is 11.8. The molecule has 0 aliphatic carbocycles. The number of nitrogens with one attached hydrogen (secondary N) is 2. The number of carbonyl (C=O) groups excluding carboxylic acids is 1. The lowest BCUT2D eigenvalue weighted by Crippen LogP contribution is -2.35. The Morgan fingerprint density at radius 2 is 2.33 bits per heavy atom. The maximum Gasteiger partial charge on any atom is 0.271 e. The molecule has 1 aliphatic rings. The number of nitrogens with two attached hydrogens (primary N) is 1. The van der Waals surface area contributed by atoms with E-state index in [2.05, 4.69) is 20.9 Å². The van der Waals surface area contributed by atoms with E-state index in [0.717, 1.165) is 25.9 Å². The van der Waals surface area contributed by atoms with E-state index in [4.69, 9.17) is 10.6 Å². The van der Waals surface area contributed by atoms with Gasteiger partial charge in [0.05, 0.1) is 6.10 Å². The second-order valence-electron chi connectivity index (χ2n) is 4.15. The minimum absolute atomic E-state index is 0.112. The number of nitrogen functional groups attached to an aromatic ring is 1. The maximum atomic E-state index is 11.8. The molecule has 1 amide bonds. The summed E-state index contributed by atoms with van der Waals surface area (Å²) in [6, 6.07) is 3.16. The van der Waals surface area contributed by atoms with Crippen LogP contribution in [-0.2, 0) is 4.74 Å². The number of ether oxygens (including phenoxy) is 1. The van der Waals surface area contributed by atoms with Crippen LogP contribution in [0.5, 0.6) is 0 Å². The number of rotatable bonds is 4. The number of carbonyl (C=O) groups is 1. The highest BCUT2D eigenvalue weighted by Crippen LogP contribution is 2.11. The van der Waals surface area contributed by atoms with Crippen molar-refractivity contribution in [1.82, 2.24) is 15.5 Å². The van der Waals surface area contributed by atoms with Gasteiger partial charge in [-0.2, -0.15) is 0 Å². The fourth-order valence-electron chi connectivity index (χ4n) is 1.80. The van der Waals surface area contributed by atoms with Crippen LogP contribution in [0.3, 0.4) is 0 Å². The number of hydrogen-bond acceptors (Lipinski definition) is 6. The van der Waals surface area contributed by atoms with Crippen molar-refractivity contribution in [2.75, 3.05) is 18.6 Å². The molecule has 1 fully saturated rings. The van der Waals surface area contributed by atoms with Crippen molar-refractivity contribution in [2.24, 2.45) is 5.84 Å². The van der Waals surface area contributed by atoms with Crippen molar-refractivity contribution < 1.29 is 9.53 Å². The second kappa shape index (κ2) is 6.27. The highest BCUT2D eigenvalue weighted by Gasteiger charge is 2.15. The van der Waals surface area contributed by atoms with E-state index < -0.39 is 0 Å². The Bertz CT molecular complexity index is 389. The first-order valence-electron chi connectivity index (χ1n) is 6.00. The summed E-state index contributed by atoms with van der Waals surface area (Å²) >= 11 is 0. The standard InChI is InChI=1S/C11H17N5O2/c12-14-10-5-4-9(15-16-10)11(17)13-7-8-3-1-2-6-18-8/h4-5,8H,1-3,6-7,12H2,(H,13,17)(H,14,16). The lowest BCUT2D eigenvalue weighted by molar-refractivity contribution is 0.0168. The van der Waals surface area contributed by atoms with Gasteiger partial charge in [0.1, 0.15) is 0 Å². The summed E-state index contributed by atoms with van der Waals surface area (Å²) in [6.07, 6.45) is 3.35. The van der Waals surface area contributed by atoms with Gasteiger partial charge in [-0.05, 0) is 31.4 Å². The van der Waals surface area contributed by atoms with Gasteiger partial charge in [-0.3, -0.25) is 4.79 Å². The normalized spacial score (nSPS) is 19.3. The lowest BCUT2D eigenvalue weighted by Gasteiger charge is -2.22. The van der Waals surface area contributed by atoms with Crippen LogP contribution in [0.4, 0.5) is 5.82 Å². The van der Waals surface area contributed by atoms with Crippen LogP contribution in [0.25, 0.3) is 0 Å². The van der Waals surface area contributed by atoms with E-state index in [1.165, 1.54) is 0 Å². The molecule has 0 aromatic carbocycles. The zero-order valence-electron chi connectivity index (χ0n) is 10.1. The number of amides is 1. The molecular formula is C11H17N5O2. The van der Waals surface area contributed by atoms with Gasteiger partial charge < -0.3 is 15.5 Å². The van der Waals surface area contributed by atoms with E-state index in [-0.39, 0.29) is 17.7 Å². The molecule has 2 heterocycles. The molecule has 0 bridgehead atoms. The lowest BCUT2D eigenvalue weighted by atomic mass is 10.1. The summed E-state index contributed by atoms with van der Waals surface area (Å²) in [5.41, 5.74) is 2.62. The molecule has 7 heteroatoms. The Kier molecular flexibility index (Phi) is 4.43. The van der Waals surface area contributed by atoms with E-state index in [9.17, 15) is 4.79 Å². The third kappa shape index (κ3) is 3.38. The molecule has 7 nitrogen and oxygen atoms in total. The molecule has 4 N–H and O–H groups in total. The van der Waals surface area contributed by atoms with Gasteiger partial charge >= 0.3 is 0 Å². The first-order chi connectivity index (χ1) is 8.79. The van der Waals surface area contributed by atoms with E-state index in [0.29, 0.717) is 12.4 Å². The summed E-state index contributed by atoms with van der Waals surface area (Å²) in [6.45, 7) is 1.29. The molecule has 1 aliphatic heterocycles. The van der Waals surface area contributed by atoms with Crippen LogP contribution in [0, 0.1) is 0 Å². The molecule has 0 spiro atoms. The predicted octanol–water partition coefficient (Wildman–Crippen LogP) is 0.0611. The third-order valence-corrected chi connectivity index (χ3v) is 2.81. The highest BCUT2D eigenvalue weighted by atomic mass is 16.5. The van der Waals surface area contributed by atoms with Crippen molar-refractivity contribution in [1.29, 1.82) is 0 Å². The van der Waals surface area contributed by atoms with Crippen molar-refractivity contribution in [3.63, 3.8) is 0 Å². The zero-order chi connectivity index (χ0) is 12.8. The van der Waals surface area contributed by atoms with Crippen LogP contribution in [0.1, 0.15) is 29.8 Å². The van der Waals surface area contributed by atoms with Crippen molar-refractivity contribution >= 4 is 11.7 Å². The molecule has 1 aromatic rings. The summed E-state index contributed by atoms with van der Waals surface area (Å²) in [7, 11) is 0. The number of aromatic nitrogens is 2. The molecule has 1 aromatic heterocycles. The van der Waals surface area contributed by atoms with Crippen molar-refractivity contribution in [3.05, 3.63) is 17.8 Å². The Morgan fingerprint density at radius 3 is 2.94 bits per heavy atom. The molecule has 0 saturated carbocycles. The fraction of sp³-hybridized carbons (Fsp3) is 0.545. The molecule has 2 rings (SSSR count). The molecule has 18 heavy (non-hydrogen) atoms. The number of hydrogen-bond donors (Lipinski definition) is 3. The first kappa shape index (κ1) is 12.7. The Morgan fingerprint density at radius 1 is 1.44 bits per heavy atom. The van der Waals surface area contributed by atoms with Gasteiger partial charge in [0.15, 0.2) is 11.5 Å². The summed E-state index contributed by atoms with van der Waals surface area (Å²) in [5.74, 6) is 5.33. The third-order valence-electron chi connectivity index (χ3n) is 2.81. The van der Waals surface area contributed by atoms with Crippen molar-refractivity contribution in [2.45, 2.75) is 25.4 Å². The molecule has 1 atom stereocenters. The molecule has 98 valence electrons. The van der Waals surface area contributed by atoms with E-state index in [1.54, 1.807) is 12.1 Å². The van der Waals surface area contributed by atoms with Gasteiger partial charge in [-0.1, -0.05) is 0 Å². The number of nitrogens with zero attached hydrogens (tertiary/aromatic N) is 2. The van der Waals surface area contributed by atoms with Gasteiger partial charge in [0.25, 0.3) is 5.91 Å². The Hall–Kier alpha value is -1.73. The SMILES string of the molecule is NNc1ccc(C(=O)NCC2CCCCO2)nn1. The molecular weight excluding hydrogens is 234 g/mol. The zero-order valence-corrected chi connectivity index (χ0v) is 10.1.